The van der Waals surface area contributed by atoms with Crippen molar-refractivity contribution >= 4 is 5.71 Å². The van der Waals surface area contributed by atoms with E-state index in [9.17, 15) is 0 Å². The Kier molecular flexibility index (Phi) is 5.94. The quantitative estimate of drug-likeness (QED) is 0.363. The molecule has 0 aliphatic rings. The van der Waals surface area contributed by atoms with Crippen molar-refractivity contribution in [2.45, 2.75) is 20.8 Å². The van der Waals surface area contributed by atoms with Crippen molar-refractivity contribution in [3.05, 3.63) is 24.5 Å². The van der Waals surface area contributed by atoms with E-state index in [0.717, 1.165) is 5.71 Å². The fourth-order valence-corrected chi connectivity index (χ4v) is 0.937. The molecule has 0 saturated carbocycles. The van der Waals surface area contributed by atoms with E-state index >= 15 is 0 Å². The largest absolute Gasteiger partial charge is 0.495 e. The minimum absolute atomic E-state index is 0.440. The van der Waals surface area contributed by atoms with Gasteiger partial charge in [-0.25, -0.2) is 0 Å². The number of aliphatic imine (C=N–C) groups is 1. The summed E-state index contributed by atoms with van der Waals surface area (Å²) in [5.41, 5.74) is 1.06. The van der Waals surface area contributed by atoms with Crippen LogP contribution in [0.1, 0.15) is 20.8 Å². The maximum absolute atomic E-state index is 5.18. The average molecular weight is 181 g/mol. The van der Waals surface area contributed by atoms with Gasteiger partial charge in [-0.1, -0.05) is 20.4 Å². The normalized spacial score (nSPS) is 12.5. The first-order valence-corrected chi connectivity index (χ1v) is 4.58. The third-order valence-electron chi connectivity index (χ3n) is 1.62. The van der Waals surface area contributed by atoms with Crippen LogP contribution in [-0.2, 0) is 4.74 Å². The summed E-state index contributed by atoms with van der Waals surface area (Å²) >= 11 is 0. The van der Waals surface area contributed by atoms with Crippen LogP contribution in [0.15, 0.2) is 29.5 Å². The zero-order valence-electron chi connectivity index (χ0n) is 9.00. The number of hydrogen-bond acceptors (Lipinski definition) is 2. The molecule has 0 N–H and O–H groups in total. The molecule has 0 amide bonds. The molecule has 0 unspecified atom stereocenters. The Morgan fingerprint density at radius 1 is 1.46 bits per heavy atom. The molecule has 2 nitrogen and oxygen atoms in total. The van der Waals surface area contributed by atoms with Crippen LogP contribution in [0.5, 0.6) is 0 Å². The Bertz CT molecular complexity index is 214. The van der Waals surface area contributed by atoms with Crippen LogP contribution < -0.4 is 0 Å². The summed E-state index contributed by atoms with van der Waals surface area (Å²) in [6, 6.07) is 0. The molecule has 0 bridgehead atoms. The Hall–Kier alpha value is -1.05. The van der Waals surface area contributed by atoms with Gasteiger partial charge in [0.2, 0.25) is 0 Å². The number of hydrogen-bond donors (Lipinski definition) is 0. The SMILES string of the molecule is C=C(/C=C\C(=NC)C(C)C)OCC. The highest BCUT2D eigenvalue weighted by Crippen LogP contribution is 2.01. The highest BCUT2D eigenvalue weighted by Gasteiger charge is 1.98. The molecule has 13 heavy (non-hydrogen) atoms. The Morgan fingerprint density at radius 3 is 2.46 bits per heavy atom. The Labute approximate surface area is 81.0 Å². The first-order chi connectivity index (χ1) is 6.11. The molecule has 0 atom stereocenters. The summed E-state index contributed by atoms with van der Waals surface area (Å²) in [5.74, 6) is 1.12. The lowest BCUT2D eigenvalue weighted by molar-refractivity contribution is 0.244. The van der Waals surface area contributed by atoms with E-state index in [1.165, 1.54) is 0 Å². The molecule has 0 heterocycles. The molecule has 0 aliphatic heterocycles. The fraction of sp³-hybridized carbons (Fsp3) is 0.545. The second-order valence-corrected chi connectivity index (χ2v) is 3.04. The van der Waals surface area contributed by atoms with Crippen molar-refractivity contribution in [1.82, 2.24) is 0 Å². The second-order valence-electron chi connectivity index (χ2n) is 3.04. The lowest BCUT2D eigenvalue weighted by atomic mass is 10.1. The van der Waals surface area contributed by atoms with Crippen molar-refractivity contribution in [2.24, 2.45) is 10.9 Å². The van der Waals surface area contributed by atoms with Crippen molar-refractivity contribution in [1.29, 1.82) is 0 Å². The summed E-state index contributed by atoms with van der Waals surface area (Å²) in [6.45, 7) is 10.6. The van der Waals surface area contributed by atoms with Gasteiger partial charge in [-0.3, -0.25) is 4.99 Å². The lowest BCUT2D eigenvalue weighted by Gasteiger charge is -2.04. The van der Waals surface area contributed by atoms with Gasteiger partial charge in [0.25, 0.3) is 0 Å². The van der Waals surface area contributed by atoms with Crippen LogP contribution in [0.2, 0.25) is 0 Å². The zero-order valence-corrected chi connectivity index (χ0v) is 9.00. The van der Waals surface area contributed by atoms with E-state index in [-0.39, 0.29) is 0 Å². The zero-order chi connectivity index (χ0) is 10.3. The summed E-state index contributed by atoms with van der Waals surface area (Å²) in [4.78, 5) is 4.15. The van der Waals surface area contributed by atoms with Crippen LogP contribution in [0.4, 0.5) is 0 Å². The Balaban J connectivity index is 4.16. The van der Waals surface area contributed by atoms with Gasteiger partial charge < -0.3 is 4.74 Å². The minimum Gasteiger partial charge on any atom is -0.495 e. The smallest absolute Gasteiger partial charge is 0.112 e. The molecule has 74 valence electrons. The minimum atomic E-state index is 0.440. The summed E-state index contributed by atoms with van der Waals surface area (Å²) in [6.07, 6.45) is 3.80. The standard InChI is InChI=1S/C11H19NO/c1-6-13-10(4)7-8-11(12-5)9(2)3/h7-9H,4,6H2,1-3,5H3/b8-7-,12-11?. The van der Waals surface area contributed by atoms with Gasteiger partial charge in [-0.2, -0.15) is 0 Å². The third kappa shape index (κ3) is 5.23. The maximum Gasteiger partial charge on any atom is 0.112 e. The van der Waals surface area contributed by atoms with E-state index < -0.39 is 0 Å². The first kappa shape index (κ1) is 11.9. The monoisotopic (exact) mass is 181 g/mol. The number of allylic oxidation sites excluding steroid dienone is 2. The average Bonchev–Trinajstić information content (AvgIpc) is 2.05. The number of ether oxygens (including phenoxy) is 1. The fourth-order valence-electron chi connectivity index (χ4n) is 0.937. The highest BCUT2D eigenvalue weighted by atomic mass is 16.5. The molecular weight excluding hydrogens is 162 g/mol. The topological polar surface area (TPSA) is 21.6 Å². The molecular formula is C11H19NO. The van der Waals surface area contributed by atoms with Crippen molar-refractivity contribution < 1.29 is 4.74 Å². The Morgan fingerprint density at radius 2 is 2.08 bits per heavy atom. The van der Waals surface area contributed by atoms with Gasteiger partial charge in [0, 0.05) is 12.8 Å². The number of nitrogens with zero attached hydrogens (tertiary/aromatic N) is 1. The molecule has 0 aliphatic carbocycles. The van der Waals surface area contributed by atoms with Crippen LogP contribution >= 0.6 is 0 Å². The van der Waals surface area contributed by atoms with E-state index in [0.29, 0.717) is 18.3 Å². The molecule has 0 aromatic carbocycles. The molecule has 0 fully saturated rings. The van der Waals surface area contributed by atoms with Gasteiger partial charge in [0.15, 0.2) is 0 Å². The van der Waals surface area contributed by atoms with Crippen LogP contribution in [-0.4, -0.2) is 19.4 Å². The molecule has 2 heteroatoms. The van der Waals surface area contributed by atoms with Crippen molar-refractivity contribution in [3.8, 4) is 0 Å². The molecule has 0 radical (unpaired) electrons. The van der Waals surface area contributed by atoms with E-state index in [1.54, 1.807) is 7.05 Å². The van der Waals surface area contributed by atoms with Gasteiger partial charge in [0.05, 0.1) is 6.61 Å². The third-order valence-corrected chi connectivity index (χ3v) is 1.62. The predicted octanol–water partition coefficient (Wildman–Crippen LogP) is 2.82. The highest BCUT2D eigenvalue weighted by molar-refractivity contribution is 5.96. The van der Waals surface area contributed by atoms with Crippen molar-refractivity contribution in [2.75, 3.05) is 13.7 Å². The van der Waals surface area contributed by atoms with E-state index in [1.807, 2.05) is 19.1 Å². The maximum atomic E-state index is 5.18. The van der Waals surface area contributed by atoms with Gasteiger partial charge in [-0.05, 0) is 25.0 Å². The molecule has 0 spiro atoms. The summed E-state index contributed by atoms with van der Waals surface area (Å²) in [5, 5.41) is 0. The van der Waals surface area contributed by atoms with Crippen molar-refractivity contribution in [3.63, 3.8) is 0 Å². The molecule has 0 aromatic rings. The second kappa shape index (κ2) is 6.46. The predicted molar refractivity (Wildman–Crippen MR) is 58.1 cm³/mol. The van der Waals surface area contributed by atoms with Gasteiger partial charge in [0.1, 0.15) is 5.76 Å². The summed E-state index contributed by atoms with van der Waals surface area (Å²) < 4.78 is 5.18. The molecule has 0 saturated heterocycles. The number of rotatable bonds is 5. The molecule has 0 rings (SSSR count). The summed E-state index contributed by atoms with van der Waals surface area (Å²) in [7, 11) is 1.79. The van der Waals surface area contributed by atoms with Crippen LogP contribution in [0.25, 0.3) is 0 Å². The van der Waals surface area contributed by atoms with Crippen LogP contribution in [0.3, 0.4) is 0 Å². The van der Waals surface area contributed by atoms with E-state index in [2.05, 4.69) is 25.4 Å². The lowest BCUT2D eigenvalue weighted by Crippen LogP contribution is -2.03. The van der Waals surface area contributed by atoms with Crippen LogP contribution in [0, 0.1) is 5.92 Å². The first-order valence-electron chi connectivity index (χ1n) is 4.58. The van der Waals surface area contributed by atoms with Gasteiger partial charge in [-0.15, -0.1) is 0 Å². The molecule has 0 aromatic heterocycles. The van der Waals surface area contributed by atoms with Gasteiger partial charge >= 0.3 is 0 Å². The van der Waals surface area contributed by atoms with E-state index in [4.69, 9.17) is 4.74 Å².